The molecular formula is C15H19N3O3. The zero-order valence-corrected chi connectivity index (χ0v) is 12.5. The standard InChI is InChI=1S/C15H19N3O3/c1-14(2,13(20)21)15(3,4)17-12(19)9-5-6-10-8-16-18-11(10)7-9/h5-8H,1-4H3,(H,16,18)(H,17,19)(H,20,21). The fourth-order valence-corrected chi connectivity index (χ4v) is 1.86. The van der Waals surface area contributed by atoms with Crippen LogP contribution < -0.4 is 5.32 Å². The number of H-pyrrole nitrogens is 1. The molecule has 0 atom stereocenters. The Bertz CT molecular complexity index is 701. The topological polar surface area (TPSA) is 95.1 Å². The smallest absolute Gasteiger partial charge is 0.311 e. The van der Waals surface area contributed by atoms with Crippen LogP contribution in [0.1, 0.15) is 38.1 Å². The van der Waals surface area contributed by atoms with Crippen LogP contribution in [0.4, 0.5) is 0 Å². The van der Waals surface area contributed by atoms with Gasteiger partial charge in [-0.3, -0.25) is 14.7 Å². The van der Waals surface area contributed by atoms with Gasteiger partial charge in [0.15, 0.2) is 0 Å². The lowest BCUT2D eigenvalue weighted by Crippen LogP contribution is -2.56. The molecule has 0 saturated carbocycles. The summed E-state index contributed by atoms with van der Waals surface area (Å²) in [6.07, 6.45) is 1.68. The Balaban J connectivity index is 2.26. The van der Waals surface area contributed by atoms with Gasteiger partial charge in [0.2, 0.25) is 0 Å². The number of aliphatic carboxylic acids is 1. The van der Waals surface area contributed by atoms with Gasteiger partial charge in [-0.25, -0.2) is 0 Å². The molecule has 21 heavy (non-hydrogen) atoms. The molecule has 0 radical (unpaired) electrons. The highest BCUT2D eigenvalue weighted by atomic mass is 16.4. The molecule has 1 amide bonds. The van der Waals surface area contributed by atoms with E-state index in [9.17, 15) is 14.7 Å². The van der Waals surface area contributed by atoms with Gasteiger partial charge in [-0.2, -0.15) is 5.10 Å². The molecule has 0 aliphatic rings. The number of fused-ring (bicyclic) bond motifs is 1. The van der Waals surface area contributed by atoms with Crippen LogP contribution in [0.2, 0.25) is 0 Å². The van der Waals surface area contributed by atoms with Crippen molar-refractivity contribution in [3.05, 3.63) is 30.0 Å². The maximum atomic E-state index is 12.4. The lowest BCUT2D eigenvalue weighted by Gasteiger charge is -2.38. The number of carboxylic acids is 1. The predicted octanol–water partition coefficient (Wildman–Crippen LogP) is 2.18. The average Bonchev–Trinajstić information content (AvgIpc) is 2.84. The highest BCUT2D eigenvalue weighted by Gasteiger charge is 2.44. The monoisotopic (exact) mass is 289 g/mol. The van der Waals surface area contributed by atoms with Gasteiger partial charge in [0, 0.05) is 10.9 Å². The number of nitrogens with one attached hydrogen (secondary N) is 2. The van der Waals surface area contributed by atoms with E-state index in [4.69, 9.17) is 0 Å². The summed E-state index contributed by atoms with van der Waals surface area (Å²) in [6.45, 7) is 6.59. The number of hydrogen-bond donors (Lipinski definition) is 3. The molecule has 1 aromatic heterocycles. The second-order valence-corrected chi connectivity index (χ2v) is 6.18. The van der Waals surface area contributed by atoms with E-state index in [0.717, 1.165) is 10.9 Å². The van der Waals surface area contributed by atoms with E-state index >= 15 is 0 Å². The number of carbonyl (C=O) groups is 2. The van der Waals surface area contributed by atoms with E-state index in [1.54, 1.807) is 52.1 Å². The molecule has 0 bridgehead atoms. The number of hydrogen-bond acceptors (Lipinski definition) is 3. The summed E-state index contributed by atoms with van der Waals surface area (Å²) in [5.74, 6) is -1.28. The van der Waals surface area contributed by atoms with Crippen molar-refractivity contribution in [3.63, 3.8) is 0 Å². The third-order valence-electron chi connectivity index (χ3n) is 4.23. The van der Waals surface area contributed by atoms with Crippen LogP contribution in [0, 0.1) is 5.41 Å². The first-order valence-electron chi connectivity index (χ1n) is 6.64. The van der Waals surface area contributed by atoms with Gasteiger partial charge in [0.1, 0.15) is 0 Å². The van der Waals surface area contributed by atoms with Crippen LogP contribution in [0.15, 0.2) is 24.4 Å². The maximum Gasteiger partial charge on any atom is 0.311 e. The van der Waals surface area contributed by atoms with Crippen LogP contribution >= 0.6 is 0 Å². The molecule has 6 heteroatoms. The number of benzene rings is 1. The number of carbonyl (C=O) groups excluding carboxylic acids is 1. The van der Waals surface area contributed by atoms with Gasteiger partial charge >= 0.3 is 5.97 Å². The van der Waals surface area contributed by atoms with Crippen molar-refractivity contribution < 1.29 is 14.7 Å². The number of nitrogens with zero attached hydrogens (tertiary/aromatic N) is 1. The lowest BCUT2D eigenvalue weighted by molar-refractivity contribution is -0.150. The minimum Gasteiger partial charge on any atom is -0.481 e. The molecule has 0 aliphatic heterocycles. The number of aromatic nitrogens is 2. The number of amides is 1. The molecule has 0 unspecified atom stereocenters. The summed E-state index contributed by atoms with van der Waals surface area (Å²) < 4.78 is 0. The Labute approximate surface area is 122 Å². The Kier molecular flexibility index (Phi) is 3.49. The largest absolute Gasteiger partial charge is 0.481 e. The fraction of sp³-hybridized carbons (Fsp3) is 0.400. The van der Waals surface area contributed by atoms with E-state index in [0.29, 0.717) is 5.56 Å². The van der Waals surface area contributed by atoms with Crippen molar-refractivity contribution in [1.29, 1.82) is 0 Å². The van der Waals surface area contributed by atoms with Crippen LogP contribution in [-0.2, 0) is 4.79 Å². The number of carboxylic acid groups (broad SMARTS) is 1. The molecule has 0 spiro atoms. The highest BCUT2D eigenvalue weighted by Crippen LogP contribution is 2.31. The molecule has 6 nitrogen and oxygen atoms in total. The zero-order valence-electron chi connectivity index (χ0n) is 12.5. The molecular weight excluding hydrogens is 270 g/mol. The van der Waals surface area contributed by atoms with Gasteiger partial charge in [0.25, 0.3) is 5.91 Å². The molecule has 1 aromatic carbocycles. The summed E-state index contributed by atoms with van der Waals surface area (Å²) in [6, 6.07) is 5.18. The van der Waals surface area contributed by atoms with E-state index in [1.807, 2.05) is 0 Å². The first kappa shape index (κ1) is 15.0. The summed E-state index contributed by atoms with van der Waals surface area (Å²) in [7, 11) is 0. The van der Waals surface area contributed by atoms with Gasteiger partial charge in [-0.05, 0) is 39.8 Å². The van der Waals surface area contributed by atoms with Crippen molar-refractivity contribution >= 4 is 22.8 Å². The lowest BCUT2D eigenvalue weighted by atomic mass is 9.74. The molecule has 112 valence electrons. The SMILES string of the molecule is CC(C)(NC(=O)c1ccc2cn[nH]c2c1)C(C)(C)C(=O)O. The summed E-state index contributed by atoms with van der Waals surface area (Å²) in [5, 5.41) is 19.7. The van der Waals surface area contributed by atoms with Crippen LogP contribution in [0.5, 0.6) is 0 Å². The normalized spacial score (nSPS) is 12.4. The first-order chi connectivity index (χ1) is 9.65. The molecule has 0 aliphatic carbocycles. The highest BCUT2D eigenvalue weighted by molar-refractivity contribution is 5.98. The molecule has 0 saturated heterocycles. The van der Waals surface area contributed by atoms with Gasteiger partial charge in [0.05, 0.1) is 22.7 Å². The Hall–Kier alpha value is -2.37. The fourth-order valence-electron chi connectivity index (χ4n) is 1.86. The van der Waals surface area contributed by atoms with Crippen molar-refractivity contribution in [2.45, 2.75) is 33.2 Å². The Morgan fingerprint density at radius 3 is 2.52 bits per heavy atom. The molecule has 0 fully saturated rings. The predicted molar refractivity (Wildman–Crippen MR) is 79.1 cm³/mol. The summed E-state index contributed by atoms with van der Waals surface area (Å²) in [5.41, 5.74) is -0.779. The minimum absolute atomic E-state index is 0.314. The van der Waals surface area contributed by atoms with E-state index in [1.165, 1.54) is 0 Å². The first-order valence-corrected chi connectivity index (χ1v) is 6.64. The third kappa shape index (κ3) is 2.61. The second-order valence-electron chi connectivity index (χ2n) is 6.18. The van der Waals surface area contributed by atoms with Crippen molar-refractivity contribution in [2.24, 2.45) is 5.41 Å². The zero-order chi connectivity index (χ0) is 15.8. The van der Waals surface area contributed by atoms with Gasteiger partial charge < -0.3 is 10.4 Å². The quantitative estimate of drug-likeness (QED) is 0.804. The van der Waals surface area contributed by atoms with Crippen LogP contribution in [0.25, 0.3) is 10.9 Å². The van der Waals surface area contributed by atoms with Crippen molar-refractivity contribution in [3.8, 4) is 0 Å². The Morgan fingerprint density at radius 2 is 1.90 bits per heavy atom. The van der Waals surface area contributed by atoms with E-state index in [2.05, 4.69) is 15.5 Å². The molecule has 2 aromatic rings. The average molecular weight is 289 g/mol. The van der Waals surface area contributed by atoms with E-state index in [-0.39, 0.29) is 5.91 Å². The molecule has 2 rings (SSSR count). The van der Waals surface area contributed by atoms with Gasteiger partial charge in [-0.1, -0.05) is 6.07 Å². The van der Waals surface area contributed by atoms with Crippen LogP contribution in [-0.4, -0.2) is 32.7 Å². The summed E-state index contributed by atoms with van der Waals surface area (Å²) in [4.78, 5) is 23.7. The minimum atomic E-state index is -1.10. The number of aromatic amines is 1. The molecule has 3 N–H and O–H groups in total. The third-order valence-corrected chi connectivity index (χ3v) is 4.23. The summed E-state index contributed by atoms with van der Waals surface area (Å²) >= 11 is 0. The second kappa shape index (κ2) is 4.87. The van der Waals surface area contributed by atoms with Crippen molar-refractivity contribution in [2.75, 3.05) is 0 Å². The van der Waals surface area contributed by atoms with Gasteiger partial charge in [-0.15, -0.1) is 0 Å². The van der Waals surface area contributed by atoms with E-state index < -0.39 is 16.9 Å². The van der Waals surface area contributed by atoms with Crippen LogP contribution in [0.3, 0.4) is 0 Å². The van der Waals surface area contributed by atoms with Crippen molar-refractivity contribution in [1.82, 2.24) is 15.5 Å². The number of rotatable bonds is 4. The Morgan fingerprint density at radius 1 is 1.24 bits per heavy atom. The molecule has 1 heterocycles. The maximum absolute atomic E-state index is 12.4.